The van der Waals surface area contributed by atoms with Gasteiger partial charge in [0, 0.05) is 17.0 Å². The van der Waals surface area contributed by atoms with Crippen molar-refractivity contribution in [2.45, 2.75) is 44.3 Å². The second kappa shape index (κ2) is 9.28. The topological polar surface area (TPSA) is 113 Å². The van der Waals surface area contributed by atoms with Crippen molar-refractivity contribution in [1.82, 2.24) is 5.32 Å². The van der Waals surface area contributed by atoms with E-state index in [2.05, 4.69) is 5.32 Å². The molecule has 2 aromatic rings. The van der Waals surface area contributed by atoms with Crippen LogP contribution in [-0.2, 0) is 22.2 Å². The number of nitrogens with one attached hydrogen (secondary N) is 1. The minimum absolute atomic E-state index is 0.0471. The molecule has 4 N–H and O–H groups in total. The van der Waals surface area contributed by atoms with E-state index in [-0.39, 0.29) is 46.6 Å². The van der Waals surface area contributed by atoms with E-state index in [1.165, 1.54) is 18.2 Å². The summed E-state index contributed by atoms with van der Waals surface area (Å²) in [7, 11) is 0. The van der Waals surface area contributed by atoms with Gasteiger partial charge in [0.2, 0.25) is 5.91 Å². The Morgan fingerprint density at radius 3 is 2.30 bits per heavy atom. The van der Waals surface area contributed by atoms with Crippen LogP contribution in [0.1, 0.15) is 48.0 Å². The maximum absolute atomic E-state index is 13.2. The Morgan fingerprint density at radius 2 is 1.73 bits per heavy atom. The molecule has 37 heavy (non-hydrogen) atoms. The molecule has 0 saturated heterocycles. The van der Waals surface area contributed by atoms with E-state index in [0.717, 1.165) is 41.8 Å². The average Bonchev–Trinajstić information content (AvgIpc) is 2.80. The first kappa shape index (κ1) is 26.0. The Labute approximate surface area is 219 Å². The molecule has 198 valence electrons. The number of amides is 2. The Kier molecular flexibility index (Phi) is 6.52. The van der Waals surface area contributed by atoms with Crippen LogP contribution in [0.15, 0.2) is 42.5 Å². The molecule has 2 aromatic carbocycles. The summed E-state index contributed by atoms with van der Waals surface area (Å²) in [6.45, 7) is 0. The molecule has 0 radical (unpaired) electrons. The molecule has 2 amide bonds. The predicted molar refractivity (Wildman–Crippen MR) is 132 cm³/mol. The van der Waals surface area contributed by atoms with E-state index >= 15 is 0 Å². The molecule has 0 heterocycles. The molecule has 12 heteroatoms. The molecule has 4 bridgehead atoms. The fraction of sp³-hybridized carbons (Fsp3) is 0.440. The number of nitrogens with two attached hydrogens (primary N) is 1. The van der Waals surface area contributed by atoms with Gasteiger partial charge in [0.25, 0.3) is 17.2 Å². The molecule has 4 fully saturated rings. The number of halogens is 4. The van der Waals surface area contributed by atoms with Gasteiger partial charge >= 0.3 is 6.18 Å². The number of benzene rings is 2. The Morgan fingerprint density at radius 1 is 1.08 bits per heavy atom. The summed E-state index contributed by atoms with van der Waals surface area (Å²) in [5.74, 6) is 0.111. The standard InChI is InChI=1S/C25H25ClF3N3O4S/c26-20-9-18(4-5-19(20)25(27,28)29)32(37(35)36)17-3-1-2-14(8-17)22(33)31-21-15-6-13-7-16(21)12-24(10-13,11-15)23(30)34/h1-5,8-9,13,15-16,21H,6-7,10-12H2,(H2,30,34)(H,31,33)(H,35,36). The predicted octanol–water partition coefficient (Wildman–Crippen LogP) is 5.04. The van der Waals surface area contributed by atoms with Crippen LogP contribution in [0.5, 0.6) is 0 Å². The lowest BCUT2D eigenvalue weighted by molar-refractivity contribution is -0.145. The third kappa shape index (κ3) is 4.72. The molecule has 3 atom stereocenters. The fourth-order valence-corrected chi connectivity index (χ4v) is 7.63. The highest BCUT2D eigenvalue weighted by Gasteiger charge is 2.58. The van der Waals surface area contributed by atoms with Gasteiger partial charge in [-0.2, -0.15) is 13.2 Å². The first-order chi connectivity index (χ1) is 17.4. The lowest BCUT2D eigenvalue weighted by Crippen LogP contribution is -2.62. The molecule has 0 spiro atoms. The van der Waals surface area contributed by atoms with Crippen molar-refractivity contribution in [1.29, 1.82) is 0 Å². The van der Waals surface area contributed by atoms with Crippen LogP contribution in [0.25, 0.3) is 0 Å². The number of primary amides is 1. The van der Waals surface area contributed by atoms with Gasteiger partial charge in [-0.15, -0.1) is 0 Å². The number of carbonyl (C=O) groups excluding carboxylic acids is 2. The van der Waals surface area contributed by atoms with E-state index in [1.54, 1.807) is 6.07 Å². The second-order valence-corrected chi connectivity index (χ2v) is 11.6. The smallest absolute Gasteiger partial charge is 0.369 e. The number of hydrogen-bond donors (Lipinski definition) is 3. The van der Waals surface area contributed by atoms with Crippen LogP contribution < -0.4 is 15.4 Å². The summed E-state index contributed by atoms with van der Waals surface area (Å²) < 4.78 is 62.3. The van der Waals surface area contributed by atoms with Gasteiger partial charge in [-0.3, -0.25) is 14.1 Å². The van der Waals surface area contributed by atoms with E-state index in [9.17, 15) is 31.5 Å². The molecule has 3 unspecified atom stereocenters. The molecule has 4 aliphatic carbocycles. The van der Waals surface area contributed by atoms with Crippen LogP contribution >= 0.6 is 11.6 Å². The maximum Gasteiger partial charge on any atom is 0.417 e. The summed E-state index contributed by atoms with van der Waals surface area (Å²) in [5, 5.41) is 2.49. The summed E-state index contributed by atoms with van der Waals surface area (Å²) in [6.07, 6.45) is -0.671. The van der Waals surface area contributed by atoms with Gasteiger partial charge in [0.15, 0.2) is 0 Å². The molecule has 4 aliphatic rings. The van der Waals surface area contributed by atoms with E-state index in [1.807, 2.05) is 0 Å². The van der Waals surface area contributed by atoms with E-state index in [0.29, 0.717) is 18.8 Å². The summed E-state index contributed by atoms with van der Waals surface area (Å²) in [6, 6.07) is 8.57. The van der Waals surface area contributed by atoms with Crippen molar-refractivity contribution in [3.05, 3.63) is 58.6 Å². The van der Waals surface area contributed by atoms with Crippen molar-refractivity contribution >= 4 is 46.1 Å². The SMILES string of the molecule is NC(=O)C12CC3CC(C1)C(NC(=O)c1cccc(N(c4ccc(C(F)(F)F)c(Cl)c4)S(=O)O)c1)C(C3)C2. The minimum atomic E-state index is -4.67. The maximum atomic E-state index is 13.2. The summed E-state index contributed by atoms with van der Waals surface area (Å²) in [4.78, 5) is 25.4. The fourth-order valence-electron chi connectivity index (χ4n) is 6.76. The Hall–Kier alpha value is -2.63. The zero-order valence-electron chi connectivity index (χ0n) is 19.5. The normalized spacial score (nSPS) is 29.1. The third-order valence-electron chi connectivity index (χ3n) is 8.09. The zero-order valence-corrected chi connectivity index (χ0v) is 21.1. The number of anilines is 2. The Bertz CT molecular complexity index is 1270. The molecule has 4 saturated carbocycles. The molecule has 0 aliphatic heterocycles. The molecular formula is C25H25ClF3N3O4S. The lowest BCUT2D eigenvalue weighted by Gasteiger charge is -2.58. The van der Waals surface area contributed by atoms with Gasteiger partial charge < -0.3 is 11.1 Å². The van der Waals surface area contributed by atoms with Crippen LogP contribution in [0.4, 0.5) is 24.5 Å². The third-order valence-corrected chi connectivity index (χ3v) is 9.13. The van der Waals surface area contributed by atoms with Crippen LogP contribution in [0.2, 0.25) is 5.02 Å². The van der Waals surface area contributed by atoms with Crippen molar-refractivity contribution in [3.63, 3.8) is 0 Å². The molecule has 0 aromatic heterocycles. The van der Waals surface area contributed by atoms with E-state index in [4.69, 9.17) is 17.3 Å². The first-order valence-electron chi connectivity index (χ1n) is 11.9. The number of hydrogen-bond acceptors (Lipinski definition) is 3. The van der Waals surface area contributed by atoms with Crippen molar-refractivity contribution in [3.8, 4) is 0 Å². The molecule has 6 rings (SSSR count). The van der Waals surface area contributed by atoms with Crippen molar-refractivity contribution in [2.75, 3.05) is 4.31 Å². The van der Waals surface area contributed by atoms with Crippen LogP contribution in [-0.4, -0.2) is 26.6 Å². The van der Waals surface area contributed by atoms with Crippen LogP contribution in [0.3, 0.4) is 0 Å². The highest BCUT2D eigenvalue weighted by atomic mass is 35.5. The lowest BCUT2D eigenvalue weighted by atomic mass is 9.47. The Balaban J connectivity index is 1.37. The van der Waals surface area contributed by atoms with Gasteiger partial charge in [0.1, 0.15) is 0 Å². The van der Waals surface area contributed by atoms with Gasteiger partial charge in [-0.05, 0) is 86.3 Å². The number of nitrogens with zero attached hydrogens (tertiary/aromatic N) is 1. The van der Waals surface area contributed by atoms with Gasteiger partial charge in [-0.1, -0.05) is 17.7 Å². The van der Waals surface area contributed by atoms with Gasteiger partial charge in [0.05, 0.1) is 22.0 Å². The first-order valence-corrected chi connectivity index (χ1v) is 13.3. The molecule has 7 nitrogen and oxygen atoms in total. The molecular weight excluding hydrogens is 531 g/mol. The highest BCUT2D eigenvalue weighted by Crippen LogP contribution is 2.60. The quantitative estimate of drug-likeness (QED) is 0.433. The second-order valence-electron chi connectivity index (χ2n) is 10.4. The number of alkyl halides is 3. The highest BCUT2D eigenvalue weighted by molar-refractivity contribution is 7.81. The largest absolute Gasteiger partial charge is 0.417 e. The average molecular weight is 556 g/mol. The van der Waals surface area contributed by atoms with Crippen molar-refractivity contribution < 1.29 is 31.5 Å². The summed E-state index contributed by atoms with van der Waals surface area (Å²) >= 11 is 3.15. The monoisotopic (exact) mass is 555 g/mol. The van der Waals surface area contributed by atoms with Crippen molar-refractivity contribution in [2.24, 2.45) is 28.9 Å². The number of rotatable bonds is 6. The van der Waals surface area contributed by atoms with Crippen LogP contribution in [0, 0.1) is 23.2 Å². The number of carbonyl (C=O) groups is 2. The summed E-state index contributed by atoms with van der Waals surface area (Å²) in [5.41, 5.74) is 4.51. The van der Waals surface area contributed by atoms with E-state index < -0.39 is 33.4 Å². The zero-order chi connectivity index (χ0) is 26.7. The minimum Gasteiger partial charge on any atom is -0.369 e. The van der Waals surface area contributed by atoms with Gasteiger partial charge in [-0.25, -0.2) is 8.51 Å².